The van der Waals surface area contributed by atoms with Gasteiger partial charge in [0.1, 0.15) is 5.69 Å². The minimum absolute atomic E-state index is 0.194. The molecule has 1 amide bonds. The number of aromatic nitrogens is 2. The molecule has 9 heteroatoms. The molecule has 5 rings (SSSR count). The molecule has 0 aliphatic carbocycles. The van der Waals surface area contributed by atoms with Crippen LogP contribution in [0.25, 0.3) is 16.6 Å². The molecule has 2 heterocycles. The molecule has 0 saturated carbocycles. The number of carbonyl (C=O) groups is 1. The number of aryl methyl sites for hydroxylation is 1. The van der Waals surface area contributed by atoms with Gasteiger partial charge in [0.2, 0.25) is 0 Å². The van der Waals surface area contributed by atoms with Crippen molar-refractivity contribution in [2.24, 2.45) is 0 Å². The molecule has 0 unspecified atom stereocenters. The molecule has 212 valence electrons. The predicted molar refractivity (Wildman–Crippen MR) is 167 cm³/mol. The van der Waals surface area contributed by atoms with Crippen LogP contribution in [0.3, 0.4) is 0 Å². The van der Waals surface area contributed by atoms with Crippen LogP contribution in [0.4, 0.5) is 10.8 Å². The van der Waals surface area contributed by atoms with E-state index >= 15 is 0 Å². The van der Waals surface area contributed by atoms with Gasteiger partial charge in [-0.05, 0) is 66.9 Å². The van der Waals surface area contributed by atoms with Crippen molar-refractivity contribution in [1.29, 1.82) is 0 Å². The Labute approximate surface area is 244 Å². The number of hydrogen-bond acceptors (Lipinski definition) is 7. The summed E-state index contributed by atoms with van der Waals surface area (Å²) in [6, 6.07) is 22.9. The standard InChI is InChI=1S/C32H35N5O3S/c1-21-16-24(36(2)3)11-12-27(21)37-25(18-23-8-6-7-9-28(23)37)19-34-32-35-26(20-41-32)31(38)33-15-14-22-10-13-29(39-4)30(17-22)40-5/h6-13,16-18,20H,14-15,19H2,1-5H3,(H,33,38)(H,34,35). The molecule has 2 N–H and O–H groups in total. The fourth-order valence-corrected chi connectivity index (χ4v) is 5.56. The first-order chi connectivity index (χ1) is 19.9. The van der Waals surface area contributed by atoms with Gasteiger partial charge in [-0.1, -0.05) is 24.3 Å². The minimum atomic E-state index is -0.194. The van der Waals surface area contributed by atoms with E-state index in [1.165, 1.54) is 28.0 Å². The molecule has 0 spiro atoms. The Morgan fingerprint density at radius 1 is 1.00 bits per heavy atom. The molecule has 3 aromatic carbocycles. The van der Waals surface area contributed by atoms with E-state index in [4.69, 9.17) is 9.47 Å². The summed E-state index contributed by atoms with van der Waals surface area (Å²) in [5.41, 5.74) is 7.22. The molecule has 0 atom stereocenters. The molecule has 2 aromatic heterocycles. The highest BCUT2D eigenvalue weighted by molar-refractivity contribution is 7.13. The summed E-state index contributed by atoms with van der Waals surface area (Å²) in [4.78, 5) is 19.4. The number of fused-ring (bicyclic) bond motifs is 1. The zero-order valence-electron chi connectivity index (χ0n) is 24.0. The second-order valence-electron chi connectivity index (χ2n) is 9.98. The number of hydrogen-bond donors (Lipinski definition) is 2. The van der Waals surface area contributed by atoms with Crippen LogP contribution in [0.2, 0.25) is 0 Å². The van der Waals surface area contributed by atoms with E-state index in [2.05, 4.69) is 94.6 Å². The molecule has 5 aromatic rings. The number of nitrogens with zero attached hydrogens (tertiary/aromatic N) is 3. The topological polar surface area (TPSA) is 80.7 Å². The molecular weight excluding hydrogens is 534 g/mol. The average Bonchev–Trinajstić information content (AvgIpc) is 3.60. The zero-order valence-corrected chi connectivity index (χ0v) is 24.8. The van der Waals surface area contributed by atoms with Crippen molar-refractivity contribution in [3.8, 4) is 17.2 Å². The molecule has 0 bridgehead atoms. The Morgan fingerprint density at radius 3 is 2.56 bits per heavy atom. The van der Waals surface area contributed by atoms with Crippen molar-refractivity contribution < 1.29 is 14.3 Å². The van der Waals surface area contributed by atoms with Crippen molar-refractivity contribution in [3.05, 3.63) is 94.6 Å². The van der Waals surface area contributed by atoms with Gasteiger partial charge in [-0.2, -0.15) is 0 Å². The van der Waals surface area contributed by atoms with Gasteiger partial charge >= 0.3 is 0 Å². The van der Waals surface area contributed by atoms with Crippen LogP contribution in [0.5, 0.6) is 11.5 Å². The van der Waals surface area contributed by atoms with Crippen LogP contribution >= 0.6 is 11.3 Å². The fourth-order valence-electron chi connectivity index (χ4n) is 4.87. The third-order valence-corrected chi connectivity index (χ3v) is 7.83. The Bertz CT molecular complexity index is 1670. The van der Waals surface area contributed by atoms with E-state index in [-0.39, 0.29) is 5.91 Å². The third kappa shape index (κ3) is 6.15. The average molecular weight is 570 g/mol. The number of ether oxygens (including phenoxy) is 2. The van der Waals surface area contributed by atoms with Crippen LogP contribution in [-0.4, -0.2) is 50.3 Å². The molecule has 41 heavy (non-hydrogen) atoms. The quantitative estimate of drug-likeness (QED) is 0.201. The Morgan fingerprint density at radius 2 is 1.80 bits per heavy atom. The number of amides is 1. The first-order valence-corrected chi connectivity index (χ1v) is 14.3. The van der Waals surface area contributed by atoms with Crippen LogP contribution in [0.15, 0.2) is 72.1 Å². The van der Waals surface area contributed by atoms with E-state index in [1.54, 1.807) is 19.6 Å². The van der Waals surface area contributed by atoms with Gasteiger partial charge in [-0.25, -0.2) is 4.98 Å². The van der Waals surface area contributed by atoms with Crippen LogP contribution < -0.4 is 25.0 Å². The normalized spacial score (nSPS) is 11.0. The minimum Gasteiger partial charge on any atom is -0.493 e. The summed E-state index contributed by atoms with van der Waals surface area (Å²) in [7, 11) is 7.32. The fraction of sp³-hybridized carbons (Fsp3) is 0.250. The van der Waals surface area contributed by atoms with E-state index in [0.29, 0.717) is 41.8 Å². The maximum Gasteiger partial charge on any atom is 0.270 e. The first-order valence-electron chi connectivity index (χ1n) is 13.4. The molecule has 0 fully saturated rings. The lowest BCUT2D eigenvalue weighted by molar-refractivity contribution is 0.0950. The van der Waals surface area contributed by atoms with Crippen LogP contribution in [-0.2, 0) is 13.0 Å². The van der Waals surface area contributed by atoms with Gasteiger partial charge in [0.15, 0.2) is 16.6 Å². The van der Waals surface area contributed by atoms with Gasteiger partial charge in [-0.15, -0.1) is 11.3 Å². The molecule has 8 nitrogen and oxygen atoms in total. The largest absolute Gasteiger partial charge is 0.493 e. The number of anilines is 2. The summed E-state index contributed by atoms with van der Waals surface area (Å²) in [5.74, 6) is 1.16. The summed E-state index contributed by atoms with van der Waals surface area (Å²) in [6.45, 7) is 3.20. The molecule has 0 aliphatic heterocycles. The molecular formula is C32H35N5O3S. The highest BCUT2D eigenvalue weighted by Crippen LogP contribution is 2.30. The summed E-state index contributed by atoms with van der Waals surface area (Å²) in [5, 5.41) is 10.1. The van der Waals surface area contributed by atoms with E-state index < -0.39 is 0 Å². The summed E-state index contributed by atoms with van der Waals surface area (Å²) < 4.78 is 13.0. The highest BCUT2D eigenvalue weighted by Gasteiger charge is 2.15. The Kier molecular flexibility index (Phi) is 8.45. The van der Waals surface area contributed by atoms with Crippen molar-refractivity contribution in [2.75, 3.05) is 45.1 Å². The van der Waals surface area contributed by atoms with Crippen molar-refractivity contribution in [3.63, 3.8) is 0 Å². The predicted octanol–water partition coefficient (Wildman–Crippen LogP) is 6.06. The Balaban J connectivity index is 1.26. The lowest BCUT2D eigenvalue weighted by atomic mass is 10.1. The number of carbonyl (C=O) groups excluding carboxylic acids is 1. The lowest BCUT2D eigenvalue weighted by Gasteiger charge is -2.18. The highest BCUT2D eigenvalue weighted by atomic mass is 32.1. The van der Waals surface area contributed by atoms with Crippen molar-refractivity contribution in [2.45, 2.75) is 19.9 Å². The lowest BCUT2D eigenvalue weighted by Crippen LogP contribution is -2.26. The zero-order chi connectivity index (χ0) is 28.9. The SMILES string of the molecule is COc1ccc(CCNC(=O)c2csc(NCc3cc4ccccc4n3-c3ccc(N(C)C)cc3C)n2)cc1OC. The number of benzene rings is 3. The second kappa shape index (κ2) is 12.3. The van der Waals surface area contributed by atoms with Crippen molar-refractivity contribution >= 4 is 39.0 Å². The van der Waals surface area contributed by atoms with Gasteiger partial charge in [0.05, 0.1) is 26.3 Å². The monoisotopic (exact) mass is 569 g/mol. The summed E-state index contributed by atoms with van der Waals surface area (Å²) >= 11 is 1.42. The smallest absolute Gasteiger partial charge is 0.270 e. The Hall–Kier alpha value is -4.50. The maximum absolute atomic E-state index is 12.8. The van der Waals surface area contributed by atoms with Gasteiger partial charge in [0.25, 0.3) is 5.91 Å². The third-order valence-electron chi connectivity index (χ3n) is 7.03. The van der Waals surface area contributed by atoms with Crippen LogP contribution in [0.1, 0.15) is 27.3 Å². The summed E-state index contributed by atoms with van der Waals surface area (Å²) in [6.07, 6.45) is 0.667. The van der Waals surface area contributed by atoms with Crippen molar-refractivity contribution in [1.82, 2.24) is 14.9 Å². The molecule has 0 aliphatic rings. The van der Waals surface area contributed by atoms with Crippen LogP contribution in [0, 0.1) is 6.92 Å². The van der Waals surface area contributed by atoms with E-state index in [1.807, 2.05) is 18.2 Å². The number of para-hydroxylation sites is 1. The molecule has 0 saturated heterocycles. The van der Waals surface area contributed by atoms with Gasteiger partial charge in [0, 0.05) is 48.5 Å². The van der Waals surface area contributed by atoms with Gasteiger partial charge < -0.3 is 29.6 Å². The maximum atomic E-state index is 12.8. The van der Waals surface area contributed by atoms with E-state index in [0.717, 1.165) is 22.5 Å². The molecule has 0 radical (unpaired) electrons. The second-order valence-corrected chi connectivity index (χ2v) is 10.8. The first kappa shape index (κ1) is 28.0. The van der Waals surface area contributed by atoms with Gasteiger partial charge in [-0.3, -0.25) is 4.79 Å². The number of thiazole rings is 1. The number of nitrogens with one attached hydrogen (secondary N) is 2. The number of methoxy groups -OCH3 is 2. The number of rotatable bonds is 11. The van der Waals surface area contributed by atoms with E-state index in [9.17, 15) is 4.79 Å².